The lowest BCUT2D eigenvalue weighted by Crippen LogP contribution is -2.26. The Labute approximate surface area is 108 Å². The Morgan fingerprint density at radius 2 is 2.06 bits per heavy atom. The summed E-state index contributed by atoms with van der Waals surface area (Å²) in [6, 6.07) is 6.51. The summed E-state index contributed by atoms with van der Waals surface area (Å²) in [5.41, 5.74) is 2.03. The number of benzene rings is 1. The molecule has 0 fully saturated rings. The highest BCUT2D eigenvalue weighted by atomic mass is 32.1. The topological polar surface area (TPSA) is 12.0 Å². The van der Waals surface area contributed by atoms with Gasteiger partial charge in [-0.15, -0.1) is 11.3 Å². The summed E-state index contributed by atoms with van der Waals surface area (Å²) in [5, 5.41) is 3.40. The maximum atomic E-state index is 13.2. The molecule has 1 aliphatic heterocycles. The SMILES string of the molecule is CC1NCCc2sc(-c3ccc(F)c(F)c3)cc21. The number of hydrogen-bond donors (Lipinski definition) is 1. The first-order valence-electron chi connectivity index (χ1n) is 5.96. The summed E-state index contributed by atoms with van der Waals surface area (Å²) in [7, 11) is 0. The largest absolute Gasteiger partial charge is 0.310 e. The number of halogens is 2. The molecular formula is C14H13F2NS. The van der Waals surface area contributed by atoms with E-state index >= 15 is 0 Å². The average molecular weight is 265 g/mol. The van der Waals surface area contributed by atoms with Crippen LogP contribution in [-0.4, -0.2) is 6.54 Å². The van der Waals surface area contributed by atoms with Gasteiger partial charge in [0.2, 0.25) is 0 Å². The van der Waals surface area contributed by atoms with Crippen molar-refractivity contribution in [2.24, 2.45) is 0 Å². The maximum Gasteiger partial charge on any atom is 0.159 e. The van der Waals surface area contributed by atoms with E-state index in [0.717, 1.165) is 23.4 Å². The zero-order valence-corrected chi connectivity index (χ0v) is 10.8. The van der Waals surface area contributed by atoms with Crippen molar-refractivity contribution < 1.29 is 8.78 Å². The Hall–Kier alpha value is -1.26. The minimum atomic E-state index is -0.796. The van der Waals surface area contributed by atoms with Crippen LogP contribution in [0.3, 0.4) is 0 Å². The molecule has 1 aromatic heterocycles. The second kappa shape index (κ2) is 4.44. The zero-order valence-electron chi connectivity index (χ0n) is 9.97. The predicted molar refractivity (Wildman–Crippen MR) is 69.8 cm³/mol. The lowest BCUT2D eigenvalue weighted by atomic mass is 10.0. The van der Waals surface area contributed by atoms with Gasteiger partial charge in [0.25, 0.3) is 0 Å². The second-order valence-corrected chi connectivity index (χ2v) is 5.68. The molecule has 2 heterocycles. The quantitative estimate of drug-likeness (QED) is 0.824. The lowest BCUT2D eigenvalue weighted by Gasteiger charge is -2.19. The highest BCUT2D eigenvalue weighted by Gasteiger charge is 2.19. The van der Waals surface area contributed by atoms with Crippen LogP contribution in [-0.2, 0) is 6.42 Å². The standard InChI is InChI=1S/C14H13F2NS/c1-8-10-7-14(18-13(10)4-5-17-8)9-2-3-11(15)12(16)6-9/h2-3,6-8,17H,4-5H2,1H3. The summed E-state index contributed by atoms with van der Waals surface area (Å²) in [5.74, 6) is -1.58. The first-order valence-corrected chi connectivity index (χ1v) is 6.78. The van der Waals surface area contributed by atoms with Crippen LogP contribution in [0.4, 0.5) is 8.78 Å². The molecule has 94 valence electrons. The summed E-state index contributed by atoms with van der Waals surface area (Å²) in [6.07, 6.45) is 1.01. The molecule has 1 atom stereocenters. The van der Waals surface area contributed by atoms with Crippen LogP contribution in [0.2, 0.25) is 0 Å². The molecule has 0 saturated carbocycles. The van der Waals surface area contributed by atoms with E-state index in [1.807, 2.05) is 0 Å². The van der Waals surface area contributed by atoms with E-state index in [4.69, 9.17) is 0 Å². The minimum Gasteiger partial charge on any atom is -0.310 e. The van der Waals surface area contributed by atoms with Crippen LogP contribution in [0.5, 0.6) is 0 Å². The van der Waals surface area contributed by atoms with E-state index in [-0.39, 0.29) is 0 Å². The summed E-state index contributed by atoms with van der Waals surface area (Å²) < 4.78 is 26.2. The molecule has 18 heavy (non-hydrogen) atoms. The van der Waals surface area contributed by atoms with Crippen LogP contribution in [0.15, 0.2) is 24.3 Å². The van der Waals surface area contributed by atoms with Crippen LogP contribution in [0.25, 0.3) is 10.4 Å². The molecule has 0 radical (unpaired) electrons. The average Bonchev–Trinajstić information content (AvgIpc) is 2.78. The number of fused-ring (bicyclic) bond motifs is 1. The fraction of sp³-hybridized carbons (Fsp3) is 0.286. The summed E-state index contributed by atoms with van der Waals surface area (Å²) in [6.45, 7) is 3.10. The molecule has 0 amide bonds. The molecule has 1 N–H and O–H groups in total. The molecular weight excluding hydrogens is 252 g/mol. The van der Waals surface area contributed by atoms with Gasteiger partial charge in [-0.2, -0.15) is 0 Å². The van der Waals surface area contributed by atoms with Crippen molar-refractivity contribution in [3.05, 3.63) is 46.3 Å². The van der Waals surface area contributed by atoms with Gasteiger partial charge < -0.3 is 5.32 Å². The van der Waals surface area contributed by atoms with Crippen molar-refractivity contribution in [1.29, 1.82) is 0 Å². The normalized spacial score (nSPS) is 18.7. The Morgan fingerprint density at radius 1 is 1.22 bits per heavy atom. The highest BCUT2D eigenvalue weighted by Crippen LogP contribution is 2.36. The molecule has 1 nitrogen and oxygen atoms in total. The molecule has 0 saturated heterocycles. The third kappa shape index (κ3) is 1.95. The summed E-state index contributed by atoms with van der Waals surface area (Å²) in [4.78, 5) is 2.36. The molecule has 0 aliphatic carbocycles. The lowest BCUT2D eigenvalue weighted by molar-refractivity contribution is 0.509. The molecule has 1 unspecified atom stereocenters. The van der Waals surface area contributed by atoms with Crippen molar-refractivity contribution >= 4 is 11.3 Å². The first kappa shape index (κ1) is 11.8. The fourth-order valence-electron chi connectivity index (χ4n) is 2.31. The van der Waals surface area contributed by atoms with E-state index in [1.54, 1.807) is 17.4 Å². The number of thiophene rings is 1. The van der Waals surface area contributed by atoms with E-state index in [1.165, 1.54) is 22.6 Å². The van der Waals surface area contributed by atoms with Crippen LogP contribution in [0, 0.1) is 11.6 Å². The molecule has 0 bridgehead atoms. The monoisotopic (exact) mass is 265 g/mol. The van der Waals surface area contributed by atoms with Crippen LogP contribution >= 0.6 is 11.3 Å². The second-order valence-electron chi connectivity index (χ2n) is 4.54. The number of hydrogen-bond acceptors (Lipinski definition) is 2. The van der Waals surface area contributed by atoms with Crippen molar-refractivity contribution in [3.63, 3.8) is 0 Å². The molecule has 2 aromatic rings. The van der Waals surface area contributed by atoms with Gasteiger partial charge in [0, 0.05) is 22.3 Å². The van der Waals surface area contributed by atoms with E-state index in [0.29, 0.717) is 6.04 Å². The van der Waals surface area contributed by atoms with E-state index in [2.05, 4.69) is 18.3 Å². The van der Waals surface area contributed by atoms with Crippen molar-refractivity contribution in [1.82, 2.24) is 5.32 Å². The van der Waals surface area contributed by atoms with Gasteiger partial charge in [0.1, 0.15) is 0 Å². The Morgan fingerprint density at radius 3 is 2.78 bits per heavy atom. The molecule has 4 heteroatoms. The van der Waals surface area contributed by atoms with Crippen molar-refractivity contribution in [3.8, 4) is 10.4 Å². The Balaban J connectivity index is 2.04. The highest BCUT2D eigenvalue weighted by molar-refractivity contribution is 7.15. The number of nitrogens with one attached hydrogen (secondary N) is 1. The fourth-order valence-corrected chi connectivity index (χ4v) is 3.56. The van der Waals surface area contributed by atoms with Crippen molar-refractivity contribution in [2.75, 3.05) is 6.54 Å². The number of rotatable bonds is 1. The molecule has 0 spiro atoms. The third-order valence-electron chi connectivity index (χ3n) is 3.31. The van der Waals surface area contributed by atoms with Gasteiger partial charge in [-0.3, -0.25) is 0 Å². The Bertz CT molecular complexity index is 591. The van der Waals surface area contributed by atoms with Crippen molar-refractivity contribution in [2.45, 2.75) is 19.4 Å². The zero-order chi connectivity index (χ0) is 12.7. The van der Waals surface area contributed by atoms with E-state index in [9.17, 15) is 8.78 Å². The van der Waals surface area contributed by atoms with Gasteiger partial charge in [-0.1, -0.05) is 6.07 Å². The Kier molecular flexibility index (Phi) is 2.92. The van der Waals surface area contributed by atoms with E-state index < -0.39 is 11.6 Å². The smallest absolute Gasteiger partial charge is 0.159 e. The van der Waals surface area contributed by atoms with Gasteiger partial charge in [0.15, 0.2) is 11.6 Å². The van der Waals surface area contributed by atoms with Gasteiger partial charge in [0.05, 0.1) is 0 Å². The minimum absolute atomic E-state index is 0.337. The third-order valence-corrected chi connectivity index (χ3v) is 4.57. The molecule has 3 rings (SSSR count). The van der Waals surface area contributed by atoms with Crippen LogP contribution < -0.4 is 5.32 Å². The molecule has 1 aliphatic rings. The molecule has 1 aromatic carbocycles. The van der Waals surface area contributed by atoms with Crippen LogP contribution in [0.1, 0.15) is 23.4 Å². The van der Waals surface area contributed by atoms with Gasteiger partial charge in [-0.25, -0.2) is 8.78 Å². The first-order chi connectivity index (χ1) is 8.65. The van der Waals surface area contributed by atoms with Gasteiger partial charge in [-0.05, 0) is 42.7 Å². The maximum absolute atomic E-state index is 13.2. The predicted octanol–water partition coefficient (Wildman–Crippen LogP) is 3.90. The summed E-state index contributed by atoms with van der Waals surface area (Å²) >= 11 is 1.68. The van der Waals surface area contributed by atoms with Gasteiger partial charge >= 0.3 is 0 Å².